The van der Waals surface area contributed by atoms with Crippen molar-refractivity contribution in [1.82, 2.24) is 10.2 Å². The summed E-state index contributed by atoms with van der Waals surface area (Å²) in [5, 5.41) is 11.4. The fourth-order valence-electron chi connectivity index (χ4n) is 2.12. The highest BCUT2D eigenvalue weighted by atomic mass is 16.5. The summed E-state index contributed by atoms with van der Waals surface area (Å²) in [4.78, 5) is 24.5. The van der Waals surface area contributed by atoms with Gasteiger partial charge in [0, 0.05) is 25.7 Å². The van der Waals surface area contributed by atoms with Crippen molar-refractivity contribution >= 4 is 12.0 Å². The van der Waals surface area contributed by atoms with E-state index in [1.165, 1.54) is 0 Å². The van der Waals surface area contributed by atoms with Crippen LogP contribution in [-0.2, 0) is 9.53 Å². The predicted octanol–water partition coefficient (Wildman–Crippen LogP) is 1.31. The molecule has 6 heteroatoms. The summed E-state index contributed by atoms with van der Waals surface area (Å²) >= 11 is 0. The van der Waals surface area contributed by atoms with Gasteiger partial charge in [-0.05, 0) is 32.6 Å². The van der Waals surface area contributed by atoms with Gasteiger partial charge in [-0.3, -0.25) is 4.79 Å². The minimum absolute atomic E-state index is 0.0678. The Morgan fingerprint density at radius 1 is 1.42 bits per heavy atom. The van der Waals surface area contributed by atoms with E-state index in [1.54, 1.807) is 18.9 Å². The molecule has 0 aromatic carbocycles. The van der Waals surface area contributed by atoms with Crippen LogP contribution in [0.2, 0.25) is 0 Å². The van der Waals surface area contributed by atoms with E-state index in [-0.39, 0.29) is 24.5 Å². The van der Waals surface area contributed by atoms with Gasteiger partial charge >= 0.3 is 12.0 Å². The average Bonchev–Trinajstić information content (AvgIpc) is 3.11. The minimum Gasteiger partial charge on any atom is -0.481 e. The number of ether oxygens (including phenoxy) is 1. The molecule has 2 atom stereocenters. The number of carbonyl (C=O) groups excluding carboxylic acids is 1. The molecule has 1 aliphatic rings. The molecule has 1 aliphatic carbocycles. The second-order valence-corrected chi connectivity index (χ2v) is 5.21. The molecule has 110 valence electrons. The monoisotopic (exact) mass is 272 g/mol. The Bertz CT molecular complexity index is 318. The van der Waals surface area contributed by atoms with E-state index in [9.17, 15) is 9.59 Å². The van der Waals surface area contributed by atoms with Crippen LogP contribution in [0.25, 0.3) is 0 Å². The first kappa shape index (κ1) is 15.8. The van der Waals surface area contributed by atoms with Crippen LogP contribution in [0.1, 0.15) is 33.1 Å². The maximum atomic E-state index is 12.2. The van der Waals surface area contributed by atoms with Crippen molar-refractivity contribution in [3.8, 4) is 0 Å². The molecular weight excluding hydrogens is 248 g/mol. The Morgan fingerprint density at radius 3 is 2.53 bits per heavy atom. The summed E-state index contributed by atoms with van der Waals surface area (Å²) in [7, 11) is 1.60. The number of rotatable bonds is 8. The Kier molecular flexibility index (Phi) is 6.08. The van der Waals surface area contributed by atoms with Crippen LogP contribution in [0.4, 0.5) is 4.79 Å². The number of hydrogen-bond acceptors (Lipinski definition) is 3. The van der Waals surface area contributed by atoms with Crippen molar-refractivity contribution in [3.63, 3.8) is 0 Å². The number of urea groups is 1. The molecule has 2 amide bonds. The van der Waals surface area contributed by atoms with Gasteiger partial charge in [-0.1, -0.05) is 0 Å². The molecule has 1 rings (SSSR count). The predicted molar refractivity (Wildman–Crippen MR) is 71.0 cm³/mol. The zero-order valence-electron chi connectivity index (χ0n) is 11.9. The molecular formula is C13H24N2O4. The maximum absolute atomic E-state index is 12.2. The van der Waals surface area contributed by atoms with Crippen LogP contribution in [0.5, 0.6) is 0 Å². The van der Waals surface area contributed by atoms with Crippen LogP contribution in [-0.4, -0.2) is 54.4 Å². The minimum atomic E-state index is -0.911. The number of nitrogens with one attached hydrogen (secondary N) is 1. The lowest BCUT2D eigenvalue weighted by atomic mass is 10.2. The molecule has 6 nitrogen and oxygen atoms in total. The lowest BCUT2D eigenvalue weighted by molar-refractivity contribution is -0.137. The Hall–Kier alpha value is -1.30. The molecule has 0 radical (unpaired) electrons. The summed E-state index contributed by atoms with van der Waals surface area (Å²) in [5.74, 6) is -0.344. The van der Waals surface area contributed by atoms with Crippen LogP contribution in [0.15, 0.2) is 0 Å². The number of nitrogens with zero attached hydrogens (tertiary/aromatic N) is 1. The number of carboxylic acid groups (broad SMARTS) is 1. The van der Waals surface area contributed by atoms with Gasteiger partial charge in [0.15, 0.2) is 0 Å². The van der Waals surface area contributed by atoms with E-state index in [1.807, 2.05) is 6.92 Å². The maximum Gasteiger partial charge on any atom is 0.317 e. The summed E-state index contributed by atoms with van der Waals surface area (Å²) < 4.78 is 5.03. The van der Waals surface area contributed by atoms with Gasteiger partial charge in [0.05, 0.1) is 13.0 Å². The van der Waals surface area contributed by atoms with Gasteiger partial charge < -0.3 is 20.1 Å². The molecule has 0 bridgehead atoms. The number of hydrogen-bond donors (Lipinski definition) is 2. The van der Waals surface area contributed by atoms with Crippen LogP contribution in [0.3, 0.4) is 0 Å². The Balaban J connectivity index is 2.52. The fourth-order valence-corrected chi connectivity index (χ4v) is 2.12. The summed E-state index contributed by atoms with van der Waals surface area (Å²) in [6.07, 6.45) is 2.24. The first-order valence-electron chi connectivity index (χ1n) is 6.73. The van der Waals surface area contributed by atoms with Crippen molar-refractivity contribution in [1.29, 1.82) is 0 Å². The van der Waals surface area contributed by atoms with Crippen molar-refractivity contribution in [2.75, 3.05) is 20.3 Å². The SMILES string of the molecule is COCCN(C(=O)NC(C)CC(=O)O)C(C)C1CC1. The van der Waals surface area contributed by atoms with E-state index in [0.717, 1.165) is 12.8 Å². The van der Waals surface area contributed by atoms with E-state index in [2.05, 4.69) is 5.32 Å². The highest BCUT2D eigenvalue weighted by Crippen LogP contribution is 2.35. The third-order valence-electron chi connectivity index (χ3n) is 3.44. The zero-order valence-corrected chi connectivity index (χ0v) is 11.9. The average molecular weight is 272 g/mol. The standard InChI is InChI=1S/C13H24N2O4/c1-9(8-12(16)17)14-13(18)15(6-7-19-3)10(2)11-4-5-11/h9-11H,4-8H2,1-3H3,(H,14,18)(H,16,17). The molecule has 2 N–H and O–H groups in total. The van der Waals surface area contributed by atoms with Gasteiger partial charge in [0.25, 0.3) is 0 Å². The van der Waals surface area contributed by atoms with E-state index >= 15 is 0 Å². The van der Waals surface area contributed by atoms with Gasteiger partial charge in [-0.2, -0.15) is 0 Å². The van der Waals surface area contributed by atoms with Crippen LogP contribution >= 0.6 is 0 Å². The second-order valence-electron chi connectivity index (χ2n) is 5.21. The van der Waals surface area contributed by atoms with Gasteiger partial charge in [-0.15, -0.1) is 0 Å². The van der Waals surface area contributed by atoms with E-state index < -0.39 is 5.97 Å². The van der Waals surface area contributed by atoms with Gasteiger partial charge in [-0.25, -0.2) is 4.79 Å². The normalized spacial score (nSPS) is 17.6. The molecule has 0 aliphatic heterocycles. The number of methoxy groups -OCH3 is 1. The molecule has 0 spiro atoms. The zero-order chi connectivity index (χ0) is 14.4. The van der Waals surface area contributed by atoms with Crippen LogP contribution in [0, 0.1) is 5.92 Å². The molecule has 0 aromatic heterocycles. The van der Waals surface area contributed by atoms with Crippen molar-refractivity contribution < 1.29 is 19.4 Å². The highest BCUT2D eigenvalue weighted by molar-refractivity contribution is 5.76. The van der Waals surface area contributed by atoms with Gasteiger partial charge in [0.1, 0.15) is 0 Å². The van der Waals surface area contributed by atoms with Crippen LogP contribution < -0.4 is 5.32 Å². The molecule has 19 heavy (non-hydrogen) atoms. The summed E-state index contributed by atoms with van der Waals surface area (Å²) in [6.45, 7) is 4.74. The molecule has 1 saturated carbocycles. The second kappa shape index (κ2) is 7.33. The lowest BCUT2D eigenvalue weighted by Gasteiger charge is -2.30. The largest absolute Gasteiger partial charge is 0.481 e. The van der Waals surface area contributed by atoms with Crippen molar-refractivity contribution in [3.05, 3.63) is 0 Å². The van der Waals surface area contributed by atoms with Gasteiger partial charge in [0.2, 0.25) is 0 Å². The van der Waals surface area contributed by atoms with Crippen molar-refractivity contribution in [2.45, 2.75) is 45.2 Å². The molecule has 0 aromatic rings. The third-order valence-corrected chi connectivity index (χ3v) is 3.44. The summed E-state index contributed by atoms with van der Waals surface area (Å²) in [6, 6.07) is -0.404. The topological polar surface area (TPSA) is 78.9 Å². The molecule has 0 heterocycles. The number of carbonyl (C=O) groups is 2. The highest BCUT2D eigenvalue weighted by Gasteiger charge is 2.34. The van der Waals surface area contributed by atoms with E-state index in [0.29, 0.717) is 19.1 Å². The van der Waals surface area contributed by atoms with E-state index in [4.69, 9.17) is 9.84 Å². The Morgan fingerprint density at radius 2 is 2.05 bits per heavy atom. The smallest absolute Gasteiger partial charge is 0.317 e. The number of carboxylic acids is 1. The fraction of sp³-hybridized carbons (Fsp3) is 0.846. The Labute approximate surface area is 114 Å². The number of amides is 2. The quantitative estimate of drug-likeness (QED) is 0.698. The van der Waals surface area contributed by atoms with Crippen molar-refractivity contribution in [2.24, 2.45) is 5.92 Å². The molecule has 2 unspecified atom stereocenters. The summed E-state index contributed by atoms with van der Waals surface area (Å²) in [5.41, 5.74) is 0. The molecule has 1 fully saturated rings. The first-order chi connectivity index (χ1) is 8.95. The molecule has 0 saturated heterocycles. The third kappa shape index (κ3) is 5.46. The first-order valence-corrected chi connectivity index (χ1v) is 6.73. The lowest BCUT2D eigenvalue weighted by Crippen LogP contribution is -2.50. The number of aliphatic carboxylic acids is 1.